The van der Waals surface area contributed by atoms with Crippen molar-refractivity contribution in [1.82, 2.24) is 0 Å². The van der Waals surface area contributed by atoms with E-state index < -0.39 is 10.5 Å². The van der Waals surface area contributed by atoms with Crippen LogP contribution in [0.1, 0.15) is 24.0 Å². The van der Waals surface area contributed by atoms with E-state index in [1.165, 1.54) is 9.80 Å². The molecule has 29 heavy (non-hydrogen) atoms. The predicted octanol–water partition coefficient (Wildman–Crippen LogP) is 3.00. The summed E-state index contributed by atoms with van der Waals surface area (Å²) in [7, 11) is 0. The standard InChI is InChI=1S/C22H20N2O4S/c1-13-3-7-15(8-4-13)23-19(25)11-17(21(23)27)29-18-12-20(26)24(22(18)28)16-9-5-14(2)6-10-16/h3-10,17-18H,11-12H2,1-2H3. The Morgan fingerprint density at radius 1 is 0.655 bits per heavy atom. The van der Waals surface area contributed by atoms with Crippen molar-refractivity contribution in [3.8, 4) is 0 Å². The van der Waals surface area contributed by atoms with E-state index in [1.54, 1.807) is 24.3 Å². The van der Waals surface area contributed by atoms with Gasteiger partial charge in [-0.05, 0) is 38.1 Å². The minimum Gasteiger partial charge on any atom is -0.274 e. The molecule has 0 bridgehead atoms. The van der Waals surface area contributed by atoms with Gasteiger partial charge in [0.25, 0.3) is 0 Å². The molecule has 0 saturated carbocycles. The Hall–Kier alpha value is -2.93. The van der Waals surface area contributed by atoms with Crippen LogP contribution in [0.15, 0.2) is 48.5 Å². The number of carbonyl (C=O) groups is 4. The molecule has 6 nitrogen and oxygen atoms in total. The fourth-order valence-corrected chi connectivity index (χ4v) is 4.87. The number of amides is 4. The molecule has 0 aromatic heterocycles. The highest BCUT2D eigenvalue weighted by Crippen LogP contribution is 2.37. The number of rotatable bonds is 4. The first-order valence-corrected chi connectivity index (χ1v) is 10.3. The van der Waals surface area contributed by atoms with E-state index in [4.69, 9.17) is 0 Å². The van der Waals surface area contributed by atoms with Crippen LogP contribution in [-0.4, -0.2) is 34.1 Å². The van der Waals surface area contributed by atoms with E-state index in [-0.39, 0.29) is 36.5 Å². The molecule has 4 amide bonds. The summed E-state index contributed by atoms with van der Waals surface area (Å²) in [5.41, 5.74) is 3.13. The van der Waals surface area contributed by atoms with Crippen LogP contribution >= 0.6 is 11.8 Å². The largest absolute Gasteiger partial charge is 0.274 e. The molecule has 2 aromatic carbocycles. The lowest BCUT2D eigenvalue weighted by molar-refractivity contribution is -0.122. The zero-order valence-corrected chi connectivity index (χ0v) is 16.9. The highest BCUT2D eigenvalue weighted by atomic mass is 32.2. The first-order chi connectivity index (χ1) is 13.8. The van der Waals surface area contributed by atoms with Gasteiger partial charge in [-0.3, -0.25) is 19.2 Å². The van der Waals surface area contributed by atoms with Crippen molar-refractivity contribution in [3.63, 3.8) is 0 Å². The molecule has 2 heterocycles. The summed E-state index contributed by atoms with van der Waals surface area (Å²) < 4.78 is 0. The second-order valence-electron chi connectivity index (χ2n) is 7.33. The lowest BCUT2D eigenvalue weighted by atomic mass is 10.2. The van der Waals surface area contributed by atoms with Crippen LogP contribution in [0.5, 0.6) is 0 Å². The van der Waals surface area contributed by atoms with Gasteiger partial charge in [-0.1, -0.05) is 35.4 Å². The topological polar surface area (TPSA) is 74.8 Å². The molecule has 0 spiro atoms. The SMILES string of the molecule is Cc1ccc(N2C(=O)CC(SC3CC(=O)N(c4ccc(C)cc4)C3=O)C2=O)cc1. The lowest BCUT2D eigenvalue weighted by Crippen LogP contribution is -2.33. The van der Waals surface area contributed by atoms with E-state index in [0.717, 1.165) is 22.9 Å². The Kier molecular flexibility index (Phi) is 5.00. The minimum absolute atomic E-state index is 0.0277. The summed E-state index contributed by atoms with van der Waals surface area (Å²) in [6, 6.07) is 14.3. The van der Waals surface area contributed by atoms with Crippen LogP contribution in [0.3, 0.4) is 0 Å². The van der Waals surface area contributed by atoms with Crippen LogP contribution in [0.2, 0.25) is 0 Å². The van der Waals surface area contributed by atoms with Crippen molar-refractivity contribution in [1.29, 1.82) is 0 Å². The number of nitrogens with zero attached hydrogens (tertiary/aromatic N) is 2. The molecular weight excluding hydrogens is 388 g/mol. The van der Waals surface area contributed by atoms with Gasteiger partial charge in [-0.15, -0.1) is 11.8 Å². The maximum atomic E-state index is 12.8. The van der Waals surface area contributed by atoms with Crippen LogP contribution in [0.4, 0.5) is 11.4 Å². The van der Waals surface area contributed by atoms with Crippen LogP contribution in [-0.2, 0) is 19.2 Å². The van der Waals surface area contributed by atoms with E-state index in [1.807, 2.05) is 38.1 Å². The number of thioether (sulfide) groups is 1. The molecule has 0 N–H and O–H groups in total. The summed E-state index contributed by atoms with van der Waals surface area (Å²) in [4.78, 5) is 52.9. The third kappa shape index (κ3) is 3.58. The van der Waals surface area contributed by atoms with E-state index in [9.17, 15) is 19.2 Å². The lowest BCUT2D eigenvalue weighted by Gasteiger charge is -2.17. The van der Waals surface area contributed by atoms with Crippen LogP contribution in [0.25, 0.3) is 0 Å². The Bertz CT molecular complexity index is 919. The Labute approximate surface area is 172 Å². The second kappa shape index (κ2) is 7.48. The summed E-state index contributed by atoms with van der Waals surface area (Å²) in [6.07, 6.45) is 0.0553. The van der Waals surface area contributed by atoms with Crippen molar-refractivity contribution in [2.24, 2.45) is 0 Å². The molecule has 2 atom stereocenters. The Balaban J connectivity index is 1.49. The van der Waals surface area contributed by atoms with E-state index in [2.05, 4.69) is 0 Å². The zero-order valence-electron chi connectivity index (χ0n) is 16.1. The van der Waals surface area contributed by atoms with Crippen LogP contribution in [0, 0.1) is 13.8 Å². The van der Waals surface area contributed by atoms with Gasteiger partial charge >= 0.3 is 0 Å². The normalized spacial score (nSPS) is 22.1. The van der Waals surface area contributed by atoms with Crippen molar-refractivity contribution in [2.45, 2.75) is 37.2 Å². The van der Waals surface area contributed by atoms with E-state index >= 15 is 0 Å². The van der Waals surface area contributed by atoms with Gasteiger partial charge in [0.15, 0.2) is 0 Å². The van der Waals surface area contributed by atoms with Gasteiger partial charge in [0.05, 0.1) is 21.9 Å². The van der Waals surface area contributed by atoms with Gasteiger partial charge in [-0.25, -0.2) is 9.80 Å². The van der Waals surface area contributed by atoms with Gasteiger partial charge in [0.1, 0.15) is 0 Å². The van der Waals surface area contributed by atoms with Crippen molar-refractivity contribution >= 4 is 46.8 Å². The first-order valence-electron chi connectivity index (χ1n) is 9.37. The van der Waals surface area contributed by atoms with Crippen LogP contribution < -0.4 is 9.80 Å². The number of benzene rings is 2. The monoisotopic (exact) mass is 408 g/mol. The molecule has 2 fully saturated rings. The highest BCUT2D eigenvalue weighted by Gasteiger charge is 2.46. The summed E-state index contributed by atoms with van der Waals surface area (Å²) >= 11 is 1.12. The van der Waals surface area contributed by atoms with Crippen molar-refractivity contribution in [2.75, 3.05) is 9.80 Å². The second-order valence-corrected chi connectivity index (χ2v) is 8.74. The first kappa shape index (κ1) is 19.4. The number of aryl methyl sites for hydroxylation is 2. The Morgan fingerprint density at radius 3 is 1.34 bits per heavy atom. The molecule has 4 rings (SSSR count). The molecule has 2 aliphatic heterocycles. The number of imide groups is 2. The molecule has 2 aliphatic rings. The molecule has 7 heteroatoms. The quantitative estimate of drug-likeness (QED) is 0.727. The average molecular weight is 408 g/mol. The molecular formula is C22H20N2O4S. The molecule has 2 aromatic rings. The van der Waals surface area contributed by atoms with E-state index in [0.29, 0.717) is 11.4 Å². The average Bonchev–Trinajstić information content (AvgIpc) is 3.12. The minimum atomic E-state index is -0.663. The maximum Gasteiger partial charge on any atom is 0.247 e. The third-order valence-electron chi connectivity index (χ3n) is 5.12. The number of anilines is 2. The number of carbonyl (C=O) groups excluding carboxylic acids is 4. The third-order valence-corrected chi connectivity index (χ3v) is 6.52. The van der Waals surface area contributed by atoms with Crippen molar-refractivity contribution < 1.29 is 19.2 Å². The molecule has 2 unspecified atom stereocenters. The fraction of sp³-hybridized carbons (Fsp3) is 0.273. The molecule has 148 valence electrons. The smallest absolute Gasteiger partial charge is 0.247 e. The molecule has 0 aliphatic carbocycles. The van der Waals surface area contributed by atoms with Crippen molar-refractivity contribution in [3.05, 3.63) is 59.7 Å². The Morgan fingerprint density at radius 2 is 1.00 bits per heavy atom. The summed E-state index contributed by atoms with van der Waals surface area (Å²) in [6.45, 7) is 3.86. The zero-order chi connectivity index (χ0) is 20.7. The summed E-state index contributed by atoms with van der Waals surface area (Å²) in [5, 5.41) is -1.33. The van der Waals surface area contributed by atoms with Gasteiger partial charge in [0, 0.05) is 12.8 Å². The summed E-state index contributed by atoms with van der Waals surface area (Å²) in [5.74, 6) is -1.25. The molecule has 2 saturated heterocycles. The van der Waals surface area contributed by atoms with Gasteiger partial charge < -0.3 is 0 Å². The predicted molar refractivity (Wildman–Crippen MR) is 112 cm³/mol. The van der Waals surface area contributed by atoms with Gasteiger partial charge in [0.2, 0.25) is 23.6 Å². The number of hydrogen-bond donors (Lipinski definition) is 0. The molecule has 0 radical (unpaired) electrons. The van der Waals surface area contributed by atoms with Gasteiger partial charge in [-0.2, -0.15) is 0 Å². The highest BCUT2D eigenvalue weighted by molar-refractivity contribution is 8.02. The number of hydrogen-bond acceptors (Lipinski definition) is 5. The maximum absolute atomic E-state index is 12.8. The fourth-order valence-electron chi connectivity index (χ4n) is 3.55.